The number of halogens is 2. The van der Waals surface area contributed by atoms with Gasteiger partial charge in [-0.25, -0.2) is 0 Å². The predicted molar refractivity (Wildman–Crippen MR) is 112 cm³/mol. The molecule has 2 unspecified atom stereocenters. The van der Waals surface area contributed by atoms with Crippen LogP contribution >= 0.6 is 35.0 Å². The van der Waals surface area contributed by atoms with Crippen LogP contribution in [0.1, 0.15) is 20.8 Å². The molecule has 1 heterocycles. The Balaban J connectivity index is 2.47. The number of nitrogens with zero attached hydrogens (tertiary/aromatic N) is 3. The van der Waals surface area contributed by atoms with Crippen LogP contribution < -0.4 is 0 Å². The van der Waals surface area contributed by atoms with Gasteiger partial charge in [-0.05, 0) is 23.7 Å². The Morgan fingerprint density at radius 1 is 1.13 bits per heavy atom. The third-order valence-electron chi connectivity index (χ3n) is 3.99. The number of carbonyl (C=O) groups excluding carboxylic acids is 3. The molecular formula is C18H19Cl2N3O7S. The minimum absolute atomic E-state index is 0.294. The van der Waals surface area contributed by atoms with E-state index in [4.69, 9.17) is 47.7 Å². The number of rotatable bonds is 7. The number of carbonyl (C=O) groups is 3. The second-order valence-electron chi connectivity index (χ2n) is 6.38. The lowest BCUT2D eigenvalue weighted by atomic mass is 9.97. The van der Waals surface area contributed by atoms with Crippen LogP contribution in [0.15, 0.2) is 28.2 Å². The first-order chi connectivity index (χ1) is 14.6. The number of thioether (sulfide) groups is 1. The van der Waals surface area contributed by atoms with Crippen molar-refractivity contribution in [2.24, 2.45) is 5.11 Å². The lowest BCUT2D eigenvalue weighted by molar-refractivity contribution is -0.201. The van der Waals surface area contributed by atoms with Gasteiger partial charge in [-0.1, -0.05) is 40.1 Å². The van der Waals surface area contributed by atoms with E-state index in [1.54, 1.807) is 18.2 Å². The first kappa shape index (κ1) is 25.1. The molecule has 0 aromatic heterocycles. The van der Waals surface area contributed by atoms with Gasteiger partial charge in [0, 0.05) is 35.6 Å². The molecule has 10 nitrogen and oxygen atoms in total. The van der Waals surface area contributed by atoms with Gasteiger partial charge in [0.15, 0.2) is 0 Å². The van der Waals surface area contributed by atoms with Crippen LogP contribution in [-0.4, -0.2) is 54.3 Å². The van der Waals surface area contributed by atoms with Gasteiger partial charge in [0.05, 0.1) is 5.02 Å². The van der Waals surface area contributed by atoms with Crippen molar-refractivity contribution in [1.29, 1.82) is 0 Å². The minimum Gasteiger partial charge on any atom is -0.463 e. The van der Waals surface area contributed by atoms with E-state index in [1.807, 2.05) is 0 Å². The molecule has 0 amide bonds. The molecule has 31 heavy (non-hydrogen) atoms. The van der Waals surface area contributed by atoms with Crippen molar-refractivity contribution in [1.82, 2.24) is 0 Å². The van der Waals surface area contributed by atoms with E-state index in [-0.39, 0.29) is 6.61 Å². The van der Waals surface area contributed by atoms with Crippen LogP contribution in [-0.2, 0) is 33.3 Å². The fourth-order valence-corrected chi connectivity index (χ4v) is 4.52. The zero-order chi connectivity index (χ0) is 23.1. The molecule has 0 bridgehead atoms. The SMILES string of the molecule is CC(=O)OCC1O[C@H](Sc2cc(Cl)ccc2Cl)C(OC(C)=O)[C@@H](N=[N+]=[N-])[C@H]1OC(C)=O. The predicted octanol–water partition coefficient (Wildman–Crippen LogP) is 3.92. The molecule has 168 valence electrons. The fraction of sp³-hybridized carbons (Fsp3) is 0.500. The van der Waals surface area contributed by atoms with E-state index in [1.165, 1.54) is 13.8 Å². The molecule has 1 aromatic rings. The smallest absolute Gasteiger partial charge is 0.303 e. The Bertz CT molecular complexity index is 897. The molecule has 0 N–H and O–H groups in total. The van der Waals surface area contributed by atoms with Gasteiger partial charge in [-0.3, -0.25) is 14.4 Å². The Morgan fingerprint density at radius 2 is 1.77 bits per heavy atom. The van der Waals surface area contributed by atoms with Gasteiger partial charge in [0.1, 0.15) is 36.4 Å². The molecule has 1 aliphatic heterocycles. The van der Waals surface area contributed by atoms with E-state index in [0.717, 1.165) is 18.7 Å². The Labute approximate surface area is 192 Å². The van der Waals surface area contributed by atoms with Crippen molar-refractivity contribution in [3.05, 3.63) is 38.7 Å². The molecule has 1 saturated heterocycles. The van der Waals surface area contributed by atoms with Crippen LogP contribution in [0, 0.1) is 0 Å². The highest BCUT2D eigenvalue weighted by Gasteiger charge is 2.50. The third-order valence-corrected chi connectivity index (χ3v) is 5.87. The number of hydrogen-bond donors (Lipinski definition) is 0. The van der Waals surface area contributed by atoms with Crippen LogP contribution in [0.4, 0.5) is 0 Å². The lowest BCUT2D eigenvalue weighted by Crippen LogP contribution is -2.59. The summed E-state index contributed by atoms with van der Waals surface area (Å²) in [4.78, 5) is 38.0. The molecule has 0 spiro atoms. The highest BCUT2D eigenvalue weighted by molar-refractivity contribution is 8.00. The van der Waals surface area contributed by atoms with Crippen molar-refractivity contribution in [3.8, 4) is 0 Å². The van der Waals surface area contributed by atoms with Crippen LogP contribution in [0.3, 0.4) is 0 Å². The van der Waals surface area contributed by atoms with E-state index in [9.17, 15) is 14.4 Å². The molecule has 0 radical (unpaired) electrons. The number of hydrogen-bond acceptors (Lipinski definition) is 9. The summed E-state index contributed by atoms with van der Waals surface area (Å²) < 4.78 is 21.7. The van der Waals surface area contributed by atoms with Crippen molar-refractivity contribution < 1.29 is 33.3 Å². The fourth-order valence-electron chi connectivity index (χ4n) is 2.86. The Hall–Kier alpha value is -2.17. The molecule has 2 rings (SSSR count). The Kier molecular flexibility index (Phi) is 9.27. The molecular weight excluding hydrogens is 473 g/mol. The summed E-state index contributed by atoms with van der Waals surface area (Å²) in [6, 6.07) is 3.61. The normalized spacial score (nSPS) is 25.1. The summed E-state index contributed by atoms with van der Waals surface area (Å²) in [5, 5.41) is 4.46. The van der Waals surface area contributed by atoms with Gasteiger partial charge >= 0.3 is 17.9 Å². The summed E-state index contributed by atoms with van der Waals surface area (Å²) in [6.45, 7) is 3.24. The summed E-state index contributed by atoms with van der Waals surface area (Å²) in [5.41, 5.74) is 8.13. The lowest BCUT2D eigenvalue weighted by Gasteiger charge is -2.43. The van der Waals surface area contributed by atoms with Gasteiger partial charge in [0.25, 0.3) is 0 Å². The molecule has 1 aliphatic rings. The molecule has 0 aliphatic carbocycles. The summed E-state index contributed by atoms with van der Waals surface area (Å²) in [5.74, 6) is -1.95. The second kappa shape index (κ2) is 11.4. The maximum atomic E-state index is 11.8. The standard InChI is InChI=1S/C18H19Cl2N3O7S/c1-8(24)27-7-13-16(28-9(2)25)15(22-23-21)17(29-10(3)26)18(30-13)31-14-6-11(19)4-5-12(14)20/h4-6,13,15-18H,7H2,1-3H3/t13?,15-,16-,17?,18+/m0/s1. The quantitative estimate of drug-likeness (QED) is 0.184. The van der Waals surface area contributed by atoms with Crippen LogP contribution in [0.5, 0.6) is 0 Å². The van der Waals surface area contributed by atoms with E-state index in [2.05, 4.69) is 10.0 Å². The molecule has 0 saturated carbocycles. The number of azide groups is 1. The van der Waals surface area contributed by atoms with E-state index in [0.29, 0.717) is 14.9 Å². The summed E-state index contributed by atoms with van der Waals surface area (Å²) in [7, 11) is 0. The summed E-state index contributed by atoms with van der Waals surface area (Å²) in [6.07, 6.45) is -3.33. The largest absolute Gasteiger partial charge is 0.463 e. The van der Waals surface area contributed by atoms with Gasteiger partial charge in [-0.2, -0.15) is 0 Å². The molecule has 13 heteroatoms. The first-order valence-electron chi connectivity index (χ1n) is 8.91. The van der Waals surface area contributed by atoms with Crippen molar-refractivity contribution >= 4 is 52.9 Å². The first-order valence-corrected chi connectivity index (χ1v) is 10.5. The third kappa shape index (κ3) is 7.19. The summed E-state index contributed by atoms with van der Waals surface area (Å²) >= 11 is 13.4. The Morgan fingerprint density at radius 3 is 2.35 bits per heavy atom. The van der Waals surface area contributed by atoms with Gasteiger partial charge in [-0.15, -0.1) is 0 Å². The molecule has 1 fully saturated rings. The van der Waals surface area contributed by atoms with E-state index < -0.39 is 47.7 Å². The highest BCUT2D eigenvalue weighted by Crippen LogP contribution is 2.40. The number of esters is 3. The maximum Gasteiger partial charge on any atom is 0.303 e. The monoisotopic (exact) mass is 491 g/mol. The molecule has 5 atom stereocenters. The van der Waals surface area contributed by atoms with Crippen molar-refractivity contribution in [2.45, 2.75) is 55.5 Å². The van der Waals surface area contributed by atoms with Gasteiger partial charge < -0.3 is 18.9 Å². The van der Waals surface area contributed by atoms with Crippen molar-refractivity contribution in [2.75, 3.05) is 6.61 Å². The van der Waals surface area contributed by atoms with Crippen LogP contribution in [0.25, 0.3) is 10.4 Å². The van der Waals surface area contributed by atoms with Gasteiger partial charge in [0.2, 0.25) is 0 Å². The van der Waals surface area contributed by atoms with E-state index >= 15 is 0 Å². The molecule has 1 aromatic carbocycles. The second-order valence-corrected chi connectivity index (χ2v) is 8.37. The topological polar surface area (TPSA) is 137 Å². The van der Waals surface area contributed by atoms with Crippen LogP contribution in [0.2, 0.25) is 10.0 Å². The minimum atomic E-state index is -1.18. The zero-order valence-electron chi connectivity index (χ0n) is 16.7. The highest BCUT2D eigenvalue weighted by atomic mass is 35.5. The maximum absolute atomic E-state index is 11.8. The average molecular weight is 492 g/mol. The number of ether oxygens (including phenoxy) is 4. The zero-order valence-corrected chi connectivity index (χ0v) is 19.0. The average Bonchev–Trinajstić information content (AvgIpc) is 2.67. The number of benzene rings is 1. The van der Waals surface area contributed by atoms with Crippen molar-refractivity contribution in [3.63, 3.8) is 0 Å².